The molecule has 0 fully saturated rings. The molecule has 1 aliphatic heterocycles. The highest BCUT2D eigenvalue weighted by molar-refractivity contribution is 9.10. The van der Waals surface area contributed by atoms with Crippen molar-refractivity contribution >= 4 is 33.5 Å². The quantitative estimate of drug-likeness (QED) is 0.333. The molecule has 0 spiro atoms. The first kappa shape index (κ1) is 18.4. The lowest BCUT2D eigenvalue weighted by Gasteiger charge is -2.37. The van der Waals surface area contributed by atoms with E-state index in [0.29, 0.717) is 17.9 Å². The van der Waals surface area contributed by atoms with Crippen molar-refractivity contribution in [2.45, 2.75) is 25.3 Å². The number of aryl methyl sites for hydroxylation is 1. The normalized spacial score (nSPS) is 22.3. The number of hydrogen-bond donors (Lipinski definition) is 1. The zero-order valence-electron chi connectivity index (χ0n) is 16.3. The molecule has 1 heterocycles. The predicted octanol–water partition coefficient (Wildman–Crippen LogP) is 7.33. The van der Waals surface area contributed by atoms with Gasteiger partial charge in [0, 0.05) is 22.3 Å². The monoisotopic (exact) mass is 442 g/mol. The van der Waals surface area contributed by atoms with Gasteiger partial charge >= 0.3 is 0 Å². The van der Waals surface area contributed by atoms with Gasteiger partial charge in [0.25, 0.3) is 0 Å². The van der Waals surface area contributed by atoms with Crippen LogP contribution in [0.25, 0.3) is 0 Å². The molecule has 0 amide bonds. The third-order valence-corrected chi connectivity index (χ3v) is 6.53. The lowest BCUT2D eigenvalue weighted by atomic mass is 9.76. The SMILES string of the molecule is Cc1ccc2c(c1)C1C=CCC1C(c1ccc(N=Cc3ccc(Br)cc3)cc1)N2. The maximum atomic E-state index is 4.63. The molecule has 0 saturated heterocycles. The Kier molecular flexibility index (Phi) is 4.84. The number of anilines is 1. The zero-order valence-corrected chi connectivity index (χ0v) is 17.9. The van der Waals surface area contributed by atoms with Crippen LogP contribution in [-0.2, 0) is 0 Å². The van der Waals surface area contributed by atoms with E-state index in [0.717, 1.165) is 22.1 Å². The van der Waals surface area contributed by atoms with Crippen LogP contribution in [0.3, 0.4) is 0 Å². The number of allylic oxidation sites excluding steroid dienone is 2. The van der Waals surface area contributed by atoms with Crippen molar-refractivity contribution in [3.05, 3.63) is 106 Å². The summed E-state index contributed by atoms with van der Waals surface area (Å²) in [6.45, 7) is 2.17. The summed E-state index contributed by atoms with van der Waals surface area (Å²) in [4.78, 5) is 4.63. The molecule has 3 unspecified atom stereocenters. The standard InChI is InChI=1S/C26H23BrN2/c1-17-5-14-25-24(15-17)22-3-2-4-23(22)26(29-25)19-8-12-21(13-9-19)28-16-18-6-10-20(27)11-7-18/h2-3,5-16,22-23,26,29H,4H2,1H3. The average Bonchev–Trinajstić information content (AvgIpc) is 3.24. The van der Waals surface area contributed by atoms with E-state index in [1.807, 2.05) is 18.3 Å². The Hall–Kier alpha value is -2.65. The highest BCUT2D eigenvalue weighted by Gasteiger charge is 2.37. The molecule has 2 aliphatic rings. The Bertz CT molecular complexity index is 1080. The van der Waals surface area contributed by atoms with Crippen molar-refractivity contribution in [3.63, 3.8) is 0 Å². The van der Waals surface area contributed by atoms with E-state index in [9.17, 15) is 0 Å². The number of hydrogen-bond acceptors (Lipinski definition) is 2. The molecule has 3 atom stereocenters. The zero-order chi connectivity index (χ0) is 19.8. The molecule has 0 saturated carbocycles. The summed E-state index contributed by atoms with van der Waals surface area (Å²) in [7, 11) is 0. The summed E-state index contributed by atoms with van der Waals surface area (Å²) < 4.78 is 1.08. The number of nitrogens with zero attached hydrogens (tertiary/aromatic N) is 1. The lowest BCUT2D eigenvalue weighted by molar-refractivity contribution is 0.425. The summed E-state index contributed by atoms with van der Waals surface area (Å²) in [5.74, 6) is 1.08. The van der Waals surface area contributed by atoms with Gasteiger partial charge in [0.2, 0.25) is 0 Å². The summed E-state index contributed by atoms with van der Waals surface area (Å²) in [5, 5.41) is 3.81. The maximum absolute atomic E-state index is 4.63. The first-order valence-electron chi connectivity index (χ1n) is 10.1. The number of nitrogens with one attached hydrogen (secondary N) is 1. The van der Waals surface area contributed by atoms with Crippen molar-refractivity contribution < 1.29 is 0 Å². The first-order valence-corrected chi connectivity index (χ1v) is 10.9. The Balaban J connectivity index is 1.38. The van der Waals surface area contributed by atoms with Crippen LogP contribution in [0.2, 0.25) is 0 Å². The van der Waals surface area contributed by atoms with E-state index >= 15 is 0 Å². The number of fused-ring (bicyclic) bond motifs is 3. The highest BCUT2D eigenvalue weighted by atomic mass is 79.9. The minimum atomic E-state index is 0.328. The number of benzene rings is 3. The third kappa shape index (κ3) is 3.67. The van der Waals surface area contributed by atoms with Crippen molar-refractivity contribution in [2.75, 3.05) is 5.32 Å². The van der Waals surface area contributed by atoms with Gasteiger partial charge in [0.05, 0.1) is 11.7 Å². The van der Waals surface area contributed by atoms with E-state index in [1.165, 1.54) is 22.4 Å². The summed E-state index contributed by atoms with van der Waals surface area (Å²) in [5.41, 5.74) is 7.44. The van der Waals surface area contributed by atoms with Gasteiger partial charge in [-0.2, -0.15) is 0 Å². The molecule has 0 aromatic heterocycles. The second-order valence-electron chi connectivity index (χ2n) is 7.97. The minimum Gasteiger partial charge on any atom is -0.378 e. The van der Waals surface area contributed by atoms with Gasteiger partial charge < -0.3 is 5.32 Å². The van der Waals surface area contributed by atoms with Crippen LogP contribution in [0.1, 0.15) is 40.6 Å². The molecular formula is C26H23BrN2. The molecule has 0 bridgehead atoms. The third-order valence-electron chi connectivity index (χ3n) is 6.00. The van der Waals surface area contributed by atoms with E-state index < -0.39 is 0 Å². The van der Waals surface area contributed by atoms with Crippen molar-refractivity contribution in [1.82, 2.24) is 0 Å². The molecule has 2 nitrogen and oxygen atoms in total. The number of halogens is 1. The summed E-state index contributed by atoms with van der Waals surface area (Å²) in [6.07, 6.45) is 7.78. The fraction of sp³-hybridized carbons (Fsp3) is 0.192. The molecule has 3 aromatic carbocycles. The molecule has 3 aromatic rings. The predicted molar refractivity (Wildman–Crippen MR) is 125 cm³/mol. The number of aliphatic imine (C=N–C) groups is 1. The van der Waals surface area contributed by atoms with Crippen LogP contribution >= 0.6 is 15.9 Å². The largest absolute Gasteiger partial charge is 0.378 e. The molecule has 0 radical (unpaired) electrons. The molecule has 144 valence electrons. The van der Waals surface area contributed by atoms with Gasteiger partial charge in [-0.25, -0.2) is 0 Å². The van der Waals surface area contributed by atoms with Gasteiger partial charge in [0.15, 0.2) is 0 Å². The Morgan fingerprint density at radius 1 is 1.00 bits per heavy atom. The van der Waals surface area contributed by atoms with Crippen LogP contribution in [0.5, 0.6) is 0 Å². The van der Waals surface area contributed by atoms with E-state index in [-0.39, 0.29) is 0 Å². The van der Waals surface area contributed by atoms with Crippen LogP contribution in [0.4, 0.5) is 11.4 Å². The van der Waals surface area contributed by atoms with E-state index in [1.54, 1.807) is 0 Å². The maximum Gasteiger partial charge on any atom is 0.0630 e. The highest BCUT2D eigenvalue weighted by Crippen LogP contribution is 2.49. The van der Waals surface area contributed by atoms with Crippen molar-refractivity contribution in [3.8, 4) is 0 Å². The van der Waals surface area contributed by atoms with Crippen LogP contribution < -0.4 is 5.32 Å². The van der Waals surface area contributed by atoms with Gasteiger partial charge in [-0.15, -0.1) is 0 Å². The van der Waals surface area contributed by atoms with Crippen molar-refractivity contribution in [1.29, 1.82) is 0 Å². The second-order valence-corrected chi connectivity index (χ2v) is 8.88. The summed E-state index contributed by atoms with van der Waals surface area (Å²) in [6, 6.07) is 24.0. The Morgan fingerprint density at radius 2 is 1.79 bits per heavy atom. The molecular weight excluding hydrogens is 420 g/mol. The van der Waals surface area contributed by atoms with E-state index in [4.69, 9.17) is 0 Å². The van der Waals surface area contributed by atoms with Crippen LogP contribution in [-0.4, -0.2) is 6.21 Å². The molecule has 1 aliphatic carbocycles. The van der Waals surface area contributed by atoms with Crippen LogP contribution in [0, 0.1) is 12.8 Å². The fourth-order valence-corrected chi connectivity index (χ4v) is 4.77. The lowest BCUT2D eigenvalue weighted by Crippen LogP contribution is -2.29. The Labute approximate surface area is 180 Å². The van der Waals surface area contributed by atoms with Gasteiger partial charge in [-0.05, 0) is 66.3 Å². The van der Waals surface area contributed by atoms with Gasteiger partial charge in [-0.3, -0.25) is 4.99 Å². The minimum absolute atomic E-state index is 0.328. The topological polar surface area (TPSA) is 24.4 Å². The smallest absolute Gasteiger partial charge is 0.0630 e. The molecule has 5 rings (SSSR count). The average molecular weight is 443 g/mol. The molecule has 29 heavy (non-hydrogen) atoms. The fourth-order valence-electron chi connectivity index (χ4n) is 4.51. The van der Waals surface area contributed by atoms with Gasteiger partial charge in [-0.1, -0.05) is 70.0 Å². The Morgan fingerprint density at radius 3 is 2.59 bits per heavy atom. The number of rotatable bonds is 3. The molecule has 1 N–H and O–H groups in total. The van der Waals surface area contributed by atoms with Crippen LogP contribution in [0.15, 0.2) is 88.3 Å². The first-order chi connectivity index (χ1) is 14.2. The van der Waals surface area contributed by atoms with Crippen molar-refractivity contribution in [2.24, 2.45) is 10.9 Å². The van der Waals surface area contributed by atoms with Gasteiger partial charge in [0.1, 0.15) is 0 Å². The molecule has 3 heteroatoms. The van der Waals surface area contributed by atoms with E-state index in [2.05, 4.69) is 99.9 Å². The summed E-state index contributed by atoms with van der Waals surface area (Å²) >= 11 is 3.47. The second kappa shape index (κ2) is 7.64.